The summed E-state index contributed by atoms with van der Waals surface area (Å²) in [6, 6.07) is 12.5. The van der Waals surface area contributed by atoms with Crippen LogP contribution in [0, 0.1) is 13.8 Å². The second kappa shape index (κ2) is 9.41. The van der Waals surface area contributed by atoms with Gasteiger partial charge >= 0.3 is 5.97 Å². The SMILES string of the molecule is Cc1cc(C)cc(N(CC(=O)O)C(=O)c2cccnc2SCc2ccnc(N)c2)c1. The molecule has 0 unspecified atom stereocenters. The first-order chi connectivity index (χ1) is 14.3. The van der Waals surface area contributed by atoms with E-state index < -0.39 is 18.4 Å². The normalized spacial score (nSPS) is 10.6. The molecule has 3 N–H and O–H groups in total. The molecular formula is C22H22N4O3S. The Bertz CT molecular complexity index is 1070. The first kappa shape index (κ1) is 21.3. The Balaban J connectivity index is 1.92. The number of aliphatic carboxylic acids is 1. The standard InChI is InChI=1S/C22H22N4O3S/c1-14-8-15(2)10-17(9-14)26(12-20(27)28)22(29)18-4-3-6-25-21(18)30-13-16-5-7-24-19(23)11-16/h3-11H,12-13H2,1-2H3,(H2,23,24)(H,27,28). The van der Waals surface area contributed by atoms with Crippen LogP contribution in [0.2, 0.25) is 0 Å². The number of nitrogens with zero attached hydrogens (tertiary/aromatic N) is 3. The highest BCUT2D eigenvalue weighted by Gasteiger charge is 2.24. The van der Waals surface area contributed by atoms with Crippen LogP contribution < -0.4 is 10.6 Å². The van der Waals surface area contributed by atoms with Crippen LogP contribution in [0.4, 0.5) is 11.5 Å². The summed E-state index contributed by atoms with van der Waals surface area (Å²) in [5.74, 6) is -0.528. The van der Waals surface area contributed by atoms with Crippen LogP contribution in [0.1, 0.15) is 27.0 Å². The molecule has 1 aromatic carbocycles. The fourth-order valence-electron chi connectivity index (χ4n) is 3.07. The van der Waals surface area contributed by atoms with E-state index in [1.54, 1.807) is 42.7 Å². The van der Waals surface area contributed by atoms with Crippen molar-refractivity contribution in [2.75, 3.05) is 17.2 Å². The second-order valence-corrected chi connectivity index (χ2v) is 7.83. The van der Waals surface area contributed by atoms with E-state index in [-0.39, 0.29) is 0 Å². The summed E-state index contributed by atoms with van der Waals surface area (Å²) >= 11 is 1.39. The van der Waals surface area contributed by atoms with Crippen LogP contribution in [0.25, 0.3) is 0 Å². The van der Waals surface area contributed by atoms with Gasteiger partial charge in [-0.15, -0.1) is 11.8 Å². The Morgan fingerprint density at radius 2 is 1.80 bits per heavy atom. The van der Waals surface area contributed by atoms with E-state index in [1.165, 1.54) is 16.7 Å². The zero-order valence-corrected chi connectivity index (χ0v) is 17.5. The van der Waals surface area contributed by atoms with Crippen molar-refractivity contribution in [3.8, 4) is 0 Å². The number of aromatic nitrogens is 2. The predicted molar refractivity (Wildman–Crippen MR) is 118 cm³/mol. The number of carbonyl (C=O) groups excluding carboxylic acids is 1. The third-order valence-corrected chi connectivity index (χ3v) is 5.36. The van der Waals surface area contributed by atoms with Crippen LogP contribution in [0.15, 0.2) is 59.9 Å². The maximum atomic E-state index is 13.4. The summed E-state index contributed by atoms with van der Waals surface area (Å²) in [6.45, 7) is 3.37. The Morgan fingerprint density at radius 1 is 1.07 bits per heavy atom. The molecule has 0 atom stereocenters. The average Bonchev–Trinajstić information content (AvgIpc) is 2.69. The van der Waals surface area contributed by atoms with Crippen molar-refractivity contribution >= 4 is 35.1 Å². The Labute approximate surface area is 179 Å². The lowest BCUT2D eigenvalue weighted by atomic mass is 10.1. The van der Waals surface area contributed by atoms with E-state index in [1.807, 2.05) is 26.0 Å². The number of thioether (sulfide) groups is 1. The molecular weight excluding hydrogens is 400 g/mol. The predicted octanol–water partition coefficient (Wildman–Crippen LogP) is 3.70. The van der Waals surface area contributed by atoms with Crippen molar-refractivity contribution in [1.29, 1.82) is 0 Å². The number of rotatable bonds is 7. The number of nitrogens with two attached hydrogens (primary N) is 1. The van der Waals surface area contributed by atoms with Crippen LogP contribution >= 0.6 is 11.8 Å². The minimum atomic E-state index is -1.09. The van der Waals surface area contributed by atoms with Gasteiger partial charge in [0.1, 0.15) is 17.4 Å². The smallest absolute Gasteiger partial charge is 0.323 e. The van der Waals surface area contributed by atoms with E-state index in [2.05, 4.69) is 9.97 Å². The maximum Gasteiger partial charge on any atom is 0.323 e. The van der Waals surface area contributed by atoms with Gasteiger partial charge in [0.15, 0.2) is 0 Å². The zero-order chi connectivity index (χ0) is 21.7. The van der Waals surface area contributed by atoms with Crippen molar-refractivity contribution < 1.29 is 14.7 Å². The van der Waals surface area contributed by atoms with Crippen LogP contribution in [-0.2, 0) is 10.5 Å². The summed E-state index contributed by atoms with van der Waals surface area (Å²) < 4.78 is 0. The number of carbonyl (C=O) groups is 2. The molecule has 0 fully saturated rings. The highest BCUT2D eigenvalue weighted by atomic mass is 32.2. The van der Waals surface area contributed by atoms with Crippen molar-refractivity contribution in [2.24, 2.45) is 0 Å². The largest absolute Gasteiger partial charge is 0.480 e. The number of anilines is 2. The quantitative estimate of drug-likeness (QED) is 0.559. The number of carboxylic acid groups (broad SMARTS) is 1. The van der Waals surface area contributed by atoms with E-state index in [0.29, 0.717) is 27.8 Å². The fraction of sp³-hybridized carbons (Fsp3) is 0.182. The first-order valence-electron chi connectivity index (χ1n) is 9.23. The van der Waals surface area contributed by atoms with Crippen molar-refractivity contribution in [1.82, 2.24) is 9.97 Å². The van der Waals surface area contributed by atoms with Crippen molar-refractivity contribution in [2.45, 2.75) is 24.6 Å². The Hall–Kier alpha value is -3.39. The van der Waals surface area contributed by atoms with E-state index in [0.717, 1.165) is 16.7 Å². The van der Waals surface area contributed by atoms with Gasteiger partial charge in [0.05, 0.1) is 5.56 Å². The minimum Gasteiger partial charge on any atom is -0.480 e. The number of hydrogen-bond donors (Lipinski definition) is 2. The number of nitrogen functional groups attached to an aromatic ring is 1. The lowest BCUT2D eigenvalue weighted by Crippen LogP contribution is -2.36. The van der Waals surface area contributed by atoms with Crippen LogP contribution in [0.3, 0.4) is 0 Å². The molecule has 0 radical (unpaired) electrons. The summed E-state index contributed by atoms with van der Waals surface area (Å²) in [6.07, 6.45) is 3.24. The molecule has 154 valence electrons. The number of carboxylic acids is 1. The molecule has 8 heteroatoms. The highest BCUT2D eigenvalue weighted by molar-refractivity contribution is 7.98. The lowest BCUT2D eigenvalue weighted by molar-refractivity contribution is -0.135. The lowest BCUT2D eigenvalue weighted by Gasteiger charge is -2.23. The third-order valence-electron chi connectivity index (χ3n) is 4.28. The van der Waals surface area contributed by atoms with Gasteiger partial charge in [-0.3, -0.25) is 14.5 Å². The molecule has 1 amide bonds. The number of pyridine rings is 2. The number of hydrogen-bond acceptors (Lipinski definition) is 6. The van der Waals surface area contributed by atoms with Gasteiger partial charge in [-0.1, -0.05) is 6.07 Å². The summed E-state index contributed by atoms with van der Waals surface area (Å²) in [5, 5.41) is 9.92. The number of amides is 1. The maximum absolute atomic E-state index is 13.4. The van der Waals surface area contributed by atoms with Gasteiger partial charge in [-0.05, 0) is 66.9 Å². The topological polar surface area (TPSA) is 109 Å². The van der Waals surface area contributed by atoms with Gasteiger partial charge in [-0.2, -0.15) is 0 Å². The van der Waals surface area contributed by atoms with Crippen molar-refractivity contribution in [3.63, 3.8) is 0 Å². The minimum absolute atomic E-state index is 0.352. The van der Waals surface area contributed by atoms with Crippen LogP contribution in [-0.4, -0.2) is 33.5 Å². The van der Waals surface area contributed by atoms with Gasteiger partial charge in [0.25, 0.3) is 5.91 Å². The van der Waals surface area contributed by atoms with Crippen LogP contribution in [0.5, 0.6) is 0 Å². The third kappa shape index (κ3) is 5.36. The molecule has 2 aromatic heterocycles. The summed E-state index contributed by atoms with van der Waals surface area (Å²) in [5.41, 5.74) is 9.47. The second-order valence-electron chi connectivity index (χ2n) is 6.86. The Kier molecular flexibility index (Phi) is 6.68. The van der Waals surface area contributed by atoms with Gasteiger partial charge in [-0.25, -0.2) is 9.97 Å². The molecule has 7 nitrogen and oxygen atoms in total. The Morgan fingerprint density at radius 3 is 2.47 bits per heavy atom. The fourth-order valence-corrected chi connectivity index (χ4v) is 4.00. The highest BCUT2D eigenvalue weighted by Crippen LogP contribution is 2.28. The molecule has 3 rings (SSSR count). The molecule has 0 spiro atoms. The molecule has 3 aromatic rings. The zero-order valence-electron chi connectivity index (χ0n) is 16.7. The van der Waals surface area contributed by atoms with Gasteiger partial charge in [0.2, 0.25) is 0 Å². The molecule has 0 aliphatic heterocycles. The average molecular weight is 423 g/mol. The first-order valence-corrected chi connectivity index (χ1v) is 10.2. The van der Waals surface area contributed by atoms with E-state index >= 15 is 0 Å². The van der Waals surface area contributed by atoms with E-state index in [9.17, 15) is 14.7 Å². The molecule has 30 heavy (non-hydrogen) atoms. The monoisotopic (exact) mass is 422 g/mol. The molecule has 0 saturated carbocycles. The molecule has 2 heterocycles. The molecule has 0 saturated heterocycles. The number of benzene rings is 1. The summed E-state index contributed by atoms with van der Waals surface area (Å²) in [7, 11) is 0. The number of aryl methyl sites for hydroxylation is 2. The molecule has 0 bridgehead atoms. The molecule has 0 aliphatic carbocycles. The summed E-state index contributed by atoms with van der Waals surface area (Å²) in [4.78, 5) is 34.4. The van der Waals surface area contributed by atoms with E-state index in [4.69, 9.17) is 5.73 Å². The van der Waals surface area contributed by atoms with Gasteiger partial charge < -0.3 is 10.8 Å². The van der Waals surface area contributed by atoms with Gasteiger partial charge in [0, 0.05) is 23.8 Å². The van der Waals surface area contributed by atoms with Crippen molar-refractivity contribution in [3.05, 3.63) is 77.1 Å². The molecule has 0 aliphatic rings.